The van der Waals surface area contributed by atoms with Crippen molar-refractivity contribution in [3.8, 4) is 23.0 Å². The van der Waals surface area contributed by atoms with Crippen molar-refractivity contribution in [1.82, 2.24) is 0 Å². The number of unbranched alkanes of at least 4 members (excludes halogenated alkanes) is 1. The van der Waals surface area contributed by atoms with E-state index in [1.165, 1.54) is 14.2 Å². The Morgan fingerprint density at radius 3 is 2.06 bits per heavy atom. The SMILES string of the molecule is COc1c(O)c(C)c(CCCCF)c(O)c1OC. The summed E-state index contributed by atoms with van der Waals surface area (Å²) in [7, 11) is 2.77. The summed E-state index contributed by atoms with van der Waals surface area (Å²) in [5, 5.41) is 20.1. The summed E-state index contributed by atoms with van der Waals surface area (Å²) in [5.41, 5.74) is 1.10. The predicted octanol–water partition coefficient (Wildman–Crippen LogP) is 2.72. The van der Waals surface area contributed by atoms with E-state index >= 15 is 0 Å². The molecule has 1 aromatic carbocycles. The molecule has 102 valence electrons. The molecule has 2 N–H and O–H groups in total. The fourth-order valence-electron chi connectivity index (χ4n) is 1.92. The highest BCUT2D eigenvalue weighted by atomic mass is 19.1. The number of rotatable bonds is 6. The number of benzene rings is 1. The Kier molecular flexibility index (Phi) is 5.07. The summed E-state index contributed by atoms with van der Waals surface area (Å²) in [4.78, 5) is 0. The average molecular weight is 258 g/mol. The molecule has 1 aromatic rings. The van der Waals surface area contributed by atoms with Gasteiger partial charge in [0.05, 0.1) is 20.9 Å². The van der Waals surface area contributed by atoms with Crippen molar-refractivity contribution in [2.75, 3.05) is 20.9 Å². The lowest BCUT2D eigenvalue weighted by Crippen LogP contribution is -1.99. The van der Waals surface area contributed by atoms with E-state index in [0.717, 1.165) is 0 Å². The van der Waals surface area contributed by atoms with Gasteiger partial charge in [-0.3, -0.25) is 4.39 Å². The van der Waals surface area contributed by atoms with Crippen LogP contribution < -0.4 is 9.47 Å². The monoisotopic (exact) mass is 258 g/mol. The second-order valence-electron chi connectivity index (χ2n) is 4.01. The van der Waals surface area contributed by atoms with Crippen molar-refractivity contribution >= 4 is 0 Å². The van der Waals surface area contributed by atoms with Crippen LogP contribution in [0.25, 0.3) is 0 Å². The molecular weight excluding hydrogens is 239 g/mol. The highest BCUT2D eigenvalue weighted by Gasteiger charge is 2.22. The first-order valence-electron chi connectivity index (χ1n) is 5.79. The number of alkyl halides is 1. The number of hydrogen-bond acceptors (Lipinski definition) is 4. The maximum absolute atomic E-state index is 12.1. The highest BCUT2D eigenvalue weighted by Crippen LogP contribution is 2.48. The molecule has 4 nitrogen and oxygen atoms in total. The van der Waals surface area contributed by atoms with Crippen molar-refractivity contribution in [3.05, 3.63) is 11.1 Å². The Labute approximate surface area is 106 Å². The minimum absolute atomic E-state index is 0.0523. The molecule has 0 heterocycles. The molecule has 0 fully saturated rings. The zero-order chi connectivity index (χ0) is 13.7. The second-order valence-corrected chi connectivity index (χ2v) is 4.01. The first-order valence-corrected chi connectivity index (χ1v) is 5.79. The minimum atomic E-state index is -0.390. The second kappa shape index (κ2) is 6.33. The molecule has 0 aliphatic heterocycles. The molecule has 0 saturated heterocycles. The molecule has 0 atom stereocenters. The Balaban J connectivity index is 3.22. The van der Waals surface area contributed by atoms with Crippen LogP contribution >= 0.6 is 0 Å². The predicted molar refractivity (Wildman–Crippen MR) is 66.5 cm³/mol. The number of methoxy groups -OCH3 is 2. The van der Waals surface area contributed by atoms with Gasteiger partial charge in [-0.1, -0.05) is 0 Å². The maximum Gasteiger partial charge on any atom is 0.207 e. The van der Waals surface area contributed by atoms with Crippen LogP contribution in [0, 0.1) is 6.92 Å². The molecule has 18 heavy (non-hydrogen) atoms. The van der Waals surface area contributed by atoms with Crippen molar-refractivity contribution < 1.29 is 24.1 Å². The third kappa shape index (κ3) is 2.60. The standard InChI is InChI=1S/C13H19FO4/c1-8-9(6-4-5-7-14)11(16)13(18-3)12(17-2)10(8)15/h15-16H,4-7H2,1-3H3. The zero-order valence-electron chi connectivity index (χ0n) is 10.9. The molecule has 1 rings (SSSR count). The van der Waals surface area contributed by atoms with Gasteiger partial charge in [-0.15, -0.1) is 0 Å². The van der Waals surface area contributed by atoms with Crippen molar-refractivity contribution in [2.45, 2.75) is 26.2 Å². The largest absolute Gasteiger partial charge is 0.504 e. The van der Waals surface area contributed by atoms with Crippen LogP contribution in [-0.4, -0.2) is 31.1 Å². The number of aromatic hydroxyl groups is 2. The number of phenols is 2. The van der Waals surface area contributed by atoms with Crippen LogP contribution in [0.1, 0.15) is 24.0 Å². The average Bonchev–Trinajstić information content (AvgIpc) is 2.37. The van der Waals surface area contributed by atoms with Gasteiger partial charge < -0.3 is 19.7 Å². The third-order valence-corrected chi connectivity index (χ3v) is 2.95. The molecule has 0 saturated carbocycles. The Morgan fingerprint density at radius 1 is 1.00 bits per heavy atom. The summed E-state index contributed by atoms with van der Waals surface area (Å²) in [6, 6.07) is 0. The molecule has 5 heteroatoms. The van der Waals surface area contributed by atoms with Gasteiger partial charge >= 0.3 is 0 Å². The summed E-state index contributed by atoms with van der Waals surface area (Å²) in [6.07, 6.45) is 1.50. The molecule has 0 bridgehead atoms. The van der Waals surface area contributed by atoms with E-state index in [4.69, 9.17) is 9.47 Å². The molecule has 0 aromatic heterocycles. The lowest BCUT2D eigenvalue weighted by atomic mass is 9.99. The maximum atomic E-state index is 12.1. The van der Waals surface area contributed by atoms with Crippen LogP contribution in [0.15, 0.2) is 0 Å². The summed E-state index contributed by atoms with van der Waals surface area (Å²) >= 11 is 0. The Bertz CT molecular complexity index is 418. The van der Waals surface area contributed by atoms with Crippen LogP contribution in [0.4, 0.5) is 4.39 Å². The van der Waals surface area contributed by atoms with Gasteiger partial charge in [0.25, 0.3) is 0 Å². The van der Waals surface area contributed by atoms with Gasteiger partial charge in [-0.05, 0) is 26.2 Å². The molecule has 0 aliphatic rings. The molecule has 0 amide bonds. The Hall–Kier alpha value is -1.65. The Morgan fingerprint density at radius 2 is 1.56 bits per heavy atom. The van der Waals surface area contributed by atoms with E-state index in [1.54, 1.807) is 6.92 Å². The van der Waals surface area contributed by atoms with E-state index < -0.39 is 0 Å². The zero-order valence-corrected chi connectivity index (χ0v) is 10.9. The van der Waals surface area contributed by atoms with E-state index in [0.29, 0.717) is 30.4 Å². The molecule has 0 aliphatic carbocycles. The van der Waals surface area contributed by atoms with Crippen molar-refractivity contribution in [2.24, 2.45) is 0 Å². The summed E-state index contributed by atoms with van der Waals surface area (Å²) < 4.78 is 22.1. The van der Waals surface area contributed by atoms with E-state index in [1.807, 2.05) is 0 Å². The molecule has 0 spiro atoms. The smallest absolute Gasteiger partial charge is 0.207 e. The van der Waals surface area contributed by atoms with Gasteiger partial charge in [-0.2, -0.15) is 0 Å². The fourth-order valence-corrected chi connectivity index (χ4v) is 1.92. The van der Waals surface area contributed by atoms with Gasteiger partial charge in [0.1, 0.15) is 0 Å². The van der Waals surface area contributed by atoms with Crippen LogP contribution in [0.2, 0.25) is 0 Å². The number of ether oxygens (including phenoxy) is 2. The lowest BCUT2D eigenvalue weighted by Gasteiger charge is -2.17. The van der Waals surface area contributed by atoms with Gasteiger partial charge in [0.2, 0.25) is 11.5 Å². The normalized spacial score (nSPS) is 10.4. The quantitative estimate of drug-likeness (QED) is 0.608. The first-order chi connectivity index (χ1) is 8.58. The van der Waals surface area contributed by atoms with Gasteiger partial charge in [0.15, 0.2) is 11.5 Å². The fraction of sp³-hybridized carbons (Fsp3) is 0.538. The van der Waals surface area contributed by atoms with Crippen LogP contribution in [0.3, 0.4) is 0 Å². The third-order valence-electron chi connectivity index (χ3n) is 2.95. The molecular formula is C13H19FO4. The van der Waals surface area contributed by atoms with E-state index in [9.17, 15) is 14.6 Å². The summed E-state index contributed by atoms with van der Waals surface area (Å²) in [6.45, 7) is 1.29. The topological polar surface area (TPSA) is 58.9 Å². The molecule has 0 unspecified atom stereocenters. The van der Waals surface area contributed by atoms with Crippen molar-refractivity contribution in [3.63, 3.8) is 0 Å². The van der Waals surface area contributed by atoms with E-state index in [-0.39, 0.29) is 29.7 Å². The molecule has 0 radical (unpaired) electrons. The minimum Gasteiger partial charge on any atom is -0.504 e. The van der Waals surface area contributed by atoms with Crippen LogP contribution in [-0.2, 0) is 6.42 Å². The number of hydrogen-bond donors (Lipinski definition) is 2. The van der Waals surface area contributed by atoms with Gasteiger partial charge in [0, 0.05) is 11.1 Å². The van der Waals surface area contributed by atoms with Crippen molar-refractivity contribution in [1.29, 1.82) is 0 Å². The number of halogens is 1. The lowest BCUT2D eigenvalue weighted by molar-refractivity contribution is 0.313. The van der Waals surface area contributed by atoms with Gasteiger partial charge in [-0.25, -0.2) is 0 Å². The number of phenolic OH excluding ortho intramolecular Hbond substituents is 2. The first kappa shape index (κ1) is 14.4. The van der Waals surface area contributed by atoms with E-state index in [2.05, 4.69) is 0 Å². The van der Waals surface area contributed by atoms with Crippen LogP contribution in [0.5, 0.6) is 23.0 Å². The highest BCUT2D eigenvalue weighted by molar-refractivity contribution is 5.65. The summed E-state index contributed by atoms with van der Waals surface area (Å²) in [5.74, 6) is 0.114.